The third-order valence-corrected chi connectivity index (χ3v) is 4.20. The summed E-state index contributed by atoms with van der Waals surface area (Å²) in [5.74, 6) is 0.0778. The summed E-state index contributed by atoms with van der Waals surface area (Å²) in [7, 11) is 0. The molecule has 1 saturated heterocycles. The van der Waals surface area contributed by atoms with E-state index in [4.69, 9.17) is 34.8 Å². The lowest BCUT2D eigenvalue weighted by Gasteiger charge is -2.21. The van der Waals surface area contributed by atoms with E-state index in [2.05, 4.69) is 5.32 Å². The molecule has 2 rings (SSSR count). The van der Waals surface area contributed by atoms with Gasteiger partial charge in [-0.3, -0.25) is 4.79 Å². The molecule has 0 saturated carbocycles. The number of carbonyl (C=O) groups is 1. The van der Waals surface area contributed by atoms with E-state index in [0.717, 1.165) is 25.9 Å². The summed E-state index contributed by atoms with van der Waals surface area (Å²) in [5.41, 5.74) is 0.556. The molecule has 0 aliphatic carbocycles. The summed E-state index contributed by atoms with van der Waals surface area (Å²) in [6, 6.07) is 3.21. The van der Waals surface area contributed by atoms with Crippen molar-refractivity contribution < 1.29 is 4.79 Å². The Balaban J connectivity index is 1.96. The van der Waals surface area contributed by atoms with Gasteiger partial charge in [0.15, 0.2) is 0 Å². The van der Waals surface area contributed by atoms with Gasteiger partial charge in [0, 0.05) is 18.1 Å². The first-order chi connectivity index (χ1) is 9.58. The van der Waals surface area contributed by atoms with Crippen LogP contribution >= 0.6 is 34.8 Å². The minimum atomic E-state index is 0.0778. The number of nitrogens with zero attached hydrogens (tertiary/aromatic N) is 1. The minimum absolute atomic E-state index is 0.0778. The molecule has 1 aromatic rings. The fourth-order valence-corrected chi connectivity index (χ4v) is 3.26. The topological polar surface area (TPSA) is 32.3 Å². The van der Waals surface area contributed by atoms with Gasteiger partial charge in [0.2, 0.25) is 5.91 Å². The first-order valence-corrected chi connectivity index (χ1v) is 7.87. The van der Waals surface area contributed by atoms with Crippen LogP contribution in [0.15, 0.2) is 12.1 Å². The second-order valence-electron chi connectivity index (χ2n) is 4.89. The standard InChI is InChI=1S/C14H17Cl3N2O/c15-10-7-11(16)14(12(17)8-10)18-9-13(20)19-5-3-1-2-4-6-19/h7-8,18H,1-6,9H2. The van der Waals surface area contributed by atoms with Crippen LogP contribution in [-0.4, -0.2) is 30.4 Å². The highest BCUT2D eigenvalue weighted by Gasteiger charge is 2.16. The molecular weight excluding hydrogens is 319 g/mol. The van der Waals surface area contributed by atoms with Crippen molar-refractivity contribution in [1.82, 2.24) is 4.90 Å². The molecule has 1 aliphatic heterocycles. The Morgan fingerprint density at radius 3 is 2.15 bits per heavy atom. The van der Waals surface area contributed by atoms with E-state index in [1.165, 1.54) is 12.8 Å². The molecule has 1 fully saturated rings. The summed E-state index contributed by atoms with van der Waals surface area (Å²) >= 11 is 18.0. The molecule has 0 radical (unpaired) electrons. The van der Waals surface area contributed by atoms with Crippen molar-refractivity contribution in [1.29, 1.82) is 0 Å². The van der Waals surface area contributed by atoms with Crippen LogP contribution in [0, 0.1) is 0 Å². The predicted molar refractivity (Wildman–Crippen MR) is 85.0 cm³/mol. The number of benzene rings is 1. The van der Waals surface area contributed by atoms with Gasteiger partial charge >= 0.3 is 0 Å². The Labute approximate surface area is 134 Å². The van der Waals surface area contributed by atoms with Crippen molar-refractivity contribution in [2.24, 2.45) is 0 Å². The number of amides is 1. The number of carbonyl (C=O) groups excluding carboxylic acids is 1. The lowest BCUT2D eigenvalue weighted by atomic mass is 10.2. The predicted octanol–water partition coefficient (Wildman–Crippen LogP) is 4.46. The number of hydrogen-bond donors (Lipinski definition) is 1. The van der Waals surface area contributed by atoms with Gasteiger partial charge in [0.25, 0.3) is 0 Å². The van der Waals surface area contributed by atoms with E-state index in [9.17, 15) is 4.79 Å². The SMILES string of the molecule is O=C(CNc1c(Cl)cc(Cl)cc1Cl)N1CCCCCC1. The maximum Gasteiger partial charge on any atom is 0.241 e. The zero-order valence-corrected chi connectivity index (χ0v) is 13.4. The van der Waals surface area contributed by atoms with Crippen LogP contribution in [-0.2, 0) is 4.79 Å². The lowest BCUT2D eigenvalue weighted by molar-refractivity contribution is -0.129. The number of anilines is 1. The summed E-state index contributed by atoms with van der Waals surface area (Å²) in [5, 5.41) is 4.33. The van der Waals surface area contributed by atoms with Gasteiger partial charge in [-0.1, -0.05) is 47.6 Å². The molecule has 0 bridgehead atoms. The lowest BCUT2D eigenvalue weighted by Crippen LogP contribution is -2.36. The molecule has 1 aromatic carbocycles. The summed E-state index contributed by atoms with van der Waals surface area (Å²) in [4.78, 5) is 14.1. The second-order valence-corrected chi connectivity index (χ2v) is 6.14. The van der Waals surface area contributed by atoms with Gasteiger partial charge in [-0.2, -0.15) is 0 Å². The van der Waals surface area contributed by atoms with Crippen molar-refractivity contribution in [3.8, 4) is 0 Å². The highest BCUT2D eigenvalue weighted by molar-refractivity contribution is 6.41. The monoisotopic (exact) mass is 334 g/mol. The summed E-state index contributed by atoms with van der Waals surface area (Å²) in [6.45, 7) is 1.87. The Kier molecular flexibility index (Phi) is 5.82. The van der Waals surface area contributed by atoms with Crippen LogP contribution in [0.25, 0.3) is 0 Å². The van der Waals surface area contributed by atoms with Crippen LogP contribution in [0.5, 0.6) is 0 Å². The molecule has 1 aliphatic rings. The molecule has 0 spiro atoms. The maximum absolute atomic E-state index is 12.2. The van der Waals surface area contributed by atoms with E-state index in [1.54, 1.807) is 12.1 Å². The van der Waals surface area contributed by atoms with E-state index >= 15 is 0 Å². The van der Waals surface area contributed by atoms with Crippen molar-refractivity contribution in [3.63, 3.8) is 0 Å². The molecule has 0 atom stereocenters. The molecule has 1 heterocycles. The fourth-order valence-electron chi connectivity index (χ4n) is 2.31. The second kappa shape index (κ2) is 7.39. The van der Waals surface area contributed by atoms with Crippen molar-refractivity contribution in [3.05, 3.63) is 27.2 Å². The Bertz CT molecular complexity index is 462. The molecule has 6 heteroatoms. The third kappa shape index (κ3) is 4.18. The molecule has 0 unspecified atom stereocenters. The molecular formula is C14H17Cl3N2O. The highest BCUT2D eigenvalue weighted by Crippen LogP contribution is 2.33. The fraction of sp³-hybridized carbons (Fsp3) is 0.500. The highest BCUT2D eigenvalue weighted by atomic mass is 35.5. The van der Waals surface area contributed by atoms with Gasteiger partial charge in [-0.25, -0.2) is 0 Å². The van der Waals surface area contributed by atoms with Gasteiger partial charge in [0.1, 0.15) is 0 Å². The van der Waals surface area contributed by atoms with Gasteiger partial charge < -0.3 is 10.2 Å². The minimum Gasteiger partial charge on any atom is -0.374 e. The summed E-state index contributed by atoms with van der Waals surface area (Å²) < 4.78 is 0. The van der Waals surface area contributed by atoms with E-state index in [0.29, 0.717) is 20.8 Å². The van der Waals surface area contributed by atoms with Crippen LogP contribution in [0.1, 0.15) is 25.7 Å². The normalized spacial score (nSPS) is 15.8. The van der Waals surface area contributed by atoms with Crippen LogP contribution < -0.4 is 5.32 Å². The summed E-state index contributed by atoms with van der Waals surface area (Å²) in [6.07, 6.45) is 4.56. The maximum atomic E-state index is 12.2. The molecule has 20 heavy (non-hydrogen) atoms. The number of rotatable bonds is 3. The number of likely N-dealkylation sites (tertiary alicyclic amines) is 1. The van der Waals surface area contributed by atoms with Gasteiger partial charge in [-0.05, 0) is 25.0 Å². The first-order valence-electron chi connectivity index (χ1n) is 6.74. The van der Waals surface area contributed by atoms with Crippen molar-refractivity contribution in [2.45, 2.75) is 25.7 Å². The average Bonchev–Trinajstić information content (AvgIpc) is 2.66. The molecule has 0 aromatic heterocycles. The average molecular weight is 336 g/mol. The third-order valence-electron chi connectivity index (χ3n) is 3.38. The van der Waals surface area contributed by atoms with E-state index in [-0.39, 0.29) is 12.5 Å². The Morgan fingerprint density at radius 1 is 1.05 bits per heavy atom. The van der Waals surface area contributed by atoms with Crippen molar-refractivity contribution in [2.75, 3.05) is 25.0 Å². The van der Waals surface area contributed by atoms with Crippen LogP contribution in [0.4, 0.5) is 5.69 Å². The molecule has 1 N–H and O–H groups in total. The van der Waals surface area contributed by atoms with E-state index in [1.807, 2.05) is 4.90 Å². The zero-order valence-electron chi connectivity index (χ0n) is 11.1. The Hall–Kier alpha value is -0.640. The largest absolute Gasteiger partial charge is 0.374 e. The molecule has 1 amide bonds. The first kappa shape index (κ1) is 15.7. The number of halogens is 3. The van der Waals surface area contributed by atoms with Gasteiger partial charge in [0.05, 0.1) is 22.3 Å². The van der Waals surface area contributed by atoms with Gasteiger partial charge in [-0.15, -0.1) is 0 Å². The van der Waals surface area contributed by atoms with Crippen LogP contribution in [0.2, 0.25) is 15.1 Å². The number of hydrogen-bond acceptors (Lipinski definition) is 2. The van der Waals surface area contributed by atoms with Crippen molar-refractivity contribution >= 4 is 46.4 Å². The van der Waals surface area contributed by atoms with Crippen LogP contribution in [0.3, 0.4) is 0 Å². The number of nitrogens with one attached hydrogen (secondary N) is 1. The zero-order chi connectivity index (χ0) is 14.5. The Morgan fingerprint density at radius 2 is 1.60 bits per heavy atom. The molecule has 3 nitrogen and oxygen atoms in total. The van der Waals surface area contributed by atoms with E-state index < -0.39 is 0 Å². The smallest absolute Gasteiger partial charge is 0.241 e. The quantitative estimate of drug-likeness (QED) is 0.884. The molecule has 110 valence electrons.